The molecule has 1 spiro atoms. The van der Waals surface area contributed by atoms with E-state index in [1.165, 1.54) is 24.0 Å². The molecule has 1 saturated carbocycles. The Labute approximate surface area is 212 Å². The van der Waals surface area contributed by atoms with Gasteiger partial charge in [0.15, 0.2) is 0 Å². The molecule has 0 saturated heterocycles. The molecular weight excluding hydrogens is 452 g/mol. The molecule has 8 nitrogen and oxygen atoms in total. The van der Waals surface area contributed by atoms with Crippen LogP contribution in [-0.2, 0) is 17.4 Å². The average Bonchev–Trinajstić information content (AvgIpc) is 3.64. The molecule has 0 unspecified atom stereocenters. The van der Waals surface area contributed by atoms with Gasteiger partial charge in [-0.15, -0.1) is 0 Å². The number of aliphatic hydroxyl groups is 1. The van der Waals surface area contributed by atoms with Crippen LogP contribution < -0.4 is 21.3 Å². The first-order chi connectivity index (χ1) is 17.3. The summed E-state index contributed by atoms with van der Waals surface area (Å²) in [5.41, 5.74) is 6.12. The second kappa shape index (κ2) is 9.52. The lowest BCUT2D eigenvalue weighted by Gasteiger charge is -2.27. The highest BCUT2D eigenvalue weighted by Gasteiger charge is 2.46. The number of carbonyl (C=O) groups excluding carboxylic acids is 1. The van der Waals surface area contributed by atoms with Crippen molar-refractivity contribution in [3.05, 3.63) is 71.2 Å². The van der Waals surface area contributed by atoms with Crippen molar-refractivity contribution in [2.75, 3.05) is 30.3 Å². The van der Waals surface area contributed by atoms with Crippen molar-refractivity contribution < 1.29 is 9.90 Å². The number of hydrogen-bond acceptors (Lipinski definition) is 7. The van der Waals surface area contributed by atoms with E-state index in [4.69, 9.17) is 0 Å². The van der Waals surface area contributed by atoms with E-state index in [-0.39, 0.29) is 18.1 Å². The summed E-state index contributed by atoms with van der Waals surface area (Å²) in [5.74, 6) is 0.450. The van der Waals surface area contributed by atoms with Crippen molar-refractivity contribution in [1.82, 2.24) is 20.6 Å². The van der Waals surface area contributed by atoms with Crippen LogP contribution in [0.5, 0.6) is 0 Å². The van der Waals surface area contributed by atoms with Crippen LogP contribution in [0.2, 0.25) is 0 Å². The van der Waals surface area contributed by atoms with Crippen molar-refractivity contribution in [3.8, 4) is 0 Å². The van der Waals surface area contributed by atoms with E-state index in [1.807, 2.05) is 39.0 Å². The van der Waals surface area contributed by atoms with E-state index in [0.29, 0.717) is 23.6 Å². The fourth-order valence-corrected chi connectivity index (χ4v) is 4.77. The maximum atomic E-state index is 12.8. The smallest absolute Gasteiger partial charge is 0.254 e. The number of aromatic nitrogens is 2. The number of fused-ring (bicyclic) bond motifs is 2. The van der Waals surface area contributed by atoms with Gasteiger partial charge in [-0.2, -0.15) is 0 Å². The van der Waals surface area contributed by atoms with Gasteiger partial charge in [-0.05, 0) is 61.6 Å². The van der Waals surface area contributed by atoms with E-state index in [1.54, 1.807) is 12.4 Å². The number of aliphatic hydroxyl groups excluding tert-OH is 1. The minimum atomic E-state index is -0.480. The summed E-state index contributed by atoms with van der Waals surface area (Å²) in [6.45, 7) is 7.27. The van der Waals surface area contributed by atoms with Gasteiger partial charge in [-0.3, -0.25) is 9.78 Å². The Morgan fingerprint density at radius 2 is 1.92 bits per heavy atom. The maximum Gasteiger partial charge on any atom is 0.254 e. The minimum Gasteiger partial charge on any atom is -0.395 e. The summed E-state index contributed by atoms with van der Waals surface area (Å²) < 4.78 is 0. The standard InChI is InChI=1S/C28H34N6O2/c1-4-29-26(36)21-16-31-25(15-23(21)33-20-8-11-30-24(14-20)27(2,3)17-35)34-19-5-6-22-18(13-19)7-12-32-28(22)9-10-28/h5-6,8,11,13-16,32,35H,4,7,9-10,12,17H2,1-3H3,(H,29,36)(H2,30,31,33,34). The molecule has 1 fully saturated rings. The fourth-order valence-electron chi connectivity index (χ4n) is 4.77. The highest BCUT2D eigenvalue weighted by Crippen LogP contribution is 2.49. The number of nitrogens with zero attached hydrogens (tertiary/aromatic N) is 2. The third-order valence-electron chi connectivity index (χ3n) is 7.11. The number of pyridine rings is 2. The molecule has 0 radical (unpaired) electrons. The highest BCUT2D eigenvalue weighted by atomic mass is 16.3. The van der Waals surface area contributed by atoms with E-state index in [2.05, 4.69) is 49.4 Å². The maximum absolute atomic E-state index is 12.8. The molecule has 36 heavy (non-hydrogen) atoms. The molecule has 2 aliphatic rings. The number of hydrogen-bond donors (Lipinski definition) is 5. The molecule has 1 aliphatic carbocycles. The Hall–Kier alpha value is -3.49. The lowest BCUT2D eigenvalue weighted by atomic mass is 9.90. The fraction of sp³-hybridized carbons (Fsp3) is 0.393. The van der Waals surface area contributed by atoms with Gasteiger partial charge >= 0.3 is 0 Å². The summed E-state index contributed by atoms with van der Waals surface area (Å²) >= 11 is 0. The zero-order chi connectivity index (χ0) is 25.3. The van der Waals surface area contributed by atoms with Crippen LogP contribution in [0.15, 0.2) is 48.8 Å². The van der Waals surface area contributed by atoms with Crippen molar-refractivity contribution in [2.45, 2.75) is 51.0 Å². The number of benzene rings is 1. The van der Waals surface area contributed by atoms with E-state index in [0.717, 1.165) is 30.0 Å². The molecule has 5 N–H and O–H groups in total. The Balaban J connectivity index is 1.44. The third kappa shape index (κ3) is 4.79. The second-order valence-corrected chi connectivity index (χ2v) is 10.3. The summed E-state index contributed by atoms with van der Waals surface area (Å²) in [5, 5.41) is 23.1. The molecule has 3 aromatic rings. The van der Waals surface area contributed by atoms with E-state index in [9.17, 15) is 9.90 Å². The average molecular weight is 487 g/mol. The summed E-state index contributed by atoms with van der Waals surface area (Å²) in [4.78, 5) is 21.7. The number of amides is 1. The molecule has 0 bridgehead atoms. The normalized spacial score (nSPS) is 15.8. The van der Waals surface area contributed by atoms with Crippen LogP contribution >= 0.6 is 0 Å². The number of rotatable bonds is 8. The Bertz CT molecular complexity index is 1280. The van der Waals surface area contributed by atoms with Crippen molar-refractivity contribution in [2.24, 2.45) is 0 Å². The van der Waals surface area contributed by atoms with Gasteiger partial charge in [-0.1, -0.05) is 19.9 Å². The van der Waals surface area contributed by atoms with E-state index >= 15 is 0 Å². The predicted molar refractivity (Wildman–Crippen MR) is 142 cm³/mol. The van der Waals surface area contributed by atoms with Crippen LogP contribution in [0.25, 0.3) is 0 Å². The first-order valence-electron chi connectivity index (χ1n) is 12.6. The van der Waals surface area contributed by atoms with Crippen LogP contribution in [0, 0.1) is 0 Å². The summed E-state index contributed by atoms with van der Waals surface area (Å²) in [6, 6.07) is 12.1. The second-order valence-electron chi connectivity index (χ2n) is 10.3. The lowest BCUT2D eigenvalue weighted by Crippen LogP contribution is -2.36. The van der Waals surface area contributed by atoms with Crippen LogP contribution in [0.3, 0.4) is 0 Å². The molecule has 5 rings (SSSR count). The predicted octanol–water partition coefficient (Wildman–Crippen LogP) is 4.12. The molecule has 8 heteroatoms. The van der Waals surface area contributed by atoms with Crippen LogP contribution in [-0.4, -0.2) is 40.7 Å². The van der Waals surface area contributed by atoms with Crippen LogP contribution in [0.4, 0.5) is 22.9 Å². The Morgan fingerprint density at radius 3 is 2.67 bits per heavy atom. The van der Waals surface area contributed by atoms with Crippen molar-refractivity contribution >= 4 is 28.8 Å². The van der Waals surface area contributed by atoms with Gasteiger partial charge in [0.25, 0.3) is 5.91 Å². The van der Waals surface area contributed by atoms with Crippen molar-refractivity contribution in [3.63, 3.8) is 0 Å². The molecule has 3 heterocycles. The molecule has 2 aromatic heterocycles. The summed E-state index contributed by atoms with van der Waals surface area (Å²) in [7, 11) is 0. The number of carbonyl (C=O) groups is 1. The number of nitrogens with one attached hydrogen (secondary N) is 4. The van der Waals surface area contributed by atoms with Gasteiger partial charge < -0.3 is 26.4 Å². The third-order valence-corrected chi connectivity index (χ3v) is 7.11. The van der Waals surface area contributed by atoms with Gasteiger partial charge in [0.05, 0.1) is 23.6 Å². The zero-order valence-electron chi connectivity index (χ0n) is 21.1. The lowest BCUT2D eigenvalue weighted by molar-refractivity contribution is 0.0956. The van der Waals surface area contributed by atoms with Crippen molar-refractivity contribution in [1.29, 1.82) is 0 Å². The molecule has 188 valence electrons. The Morgan fingerprint density at radius 1 is 1.11 bits per heavy atom. The largest absolute Gasteiger partial charge is 0.395 e. The van der Waals surface area contributed by atoms with Gasteiger partial charge in [0, 0.05) is 53.9 Å². The van der Waals surface area contributed by atoms with Gasteiger partial charge in [0.2, 0.25) is 0 Å². The molecular formula is C28H34N6O2. The van der Waals surface area contributed by atoms with Crippen LogP contribution in [0.1, 0.15) is 60.8 Å². The monoisotopic (exact) mass is 486 g/mol. The highest BCUT2D eigenvalue weighted by molar-refractivity contribution is 6.00. The SMILES string of the molecule is CCNC(=O)c1cnc(Nc2ccc3c(c2)CCNC32CC2)cc1Nc1ccnc(C(C)(C)CO)c1. The van der Waals surface area contributed by atoms with Gasteiger partial charge in [-0.25, -0.2) is 4.98 Å². The van der Waals surface area contributed by atoms with Gasteiger partial charge in [0.1, 0.15) is 5.82 Å². The summed E-state index contributed by atoms with van der Waals surface area (Å²) in [6.07, 6.45) is 6.72. The van der Waals surface area contributed by atoms with E-state index < -0.39 is 5.41 Å². The zero-order valence-corrected chi connectivity index (χ0v) is 21.1. The minimum absolute atomic E-state index is 0.0190. The first kappa shape index (κ1) is 24.2. The first-order valence-corrected chi connectivity index (χ1v) is 12.6. The number of anilines is 4. The molecule has 1 aromatic carbocycles. The molecule has 1 aliphatic heterocycles. The molecule has 0 atom stereocenters. The quantitative estimate of drug-likeness (QED) is 0.326. The topological polar surface area (TPSA) is 111 Å². The Kier molecular flexibility index (Phi) is 6.40. The molecule has 1 amide bonds.